The van der Waals surface area contributed by atoms with Gasteiger partial charge in [-0.05, 0) is 57.8 Å². The van der Waals surface area contributed by atoms with E-state index in [9.17, 15) is 45.6 Å². The maximum atomic E-state index is 13.0. The zero-order valence-corrected chi connectivity index (χ0v) is 37.8. The van der Waals surface area contributed by atoms with Crippen LogP contribution in [0.25, 0.3) is 0 Å². The van der Waals surface area contributed by atoms with Gasteiger partial charge in [-0.15, -0.1) is 0 Å². The molecule has 0 bridgehead atoms. The standard InChI is InChI=1S/C48H85NO13/c1-3-5-7-9-10-11-12-13-14-15-16-17-18-19-20-21-22-23-24-25-26-28-30-32-40(53)49-36(37(52)31-29-27-8-6-4-2)35-59-47-45(58)43(56)46(39(34-51)61-47)62-48-44(57)42(55)41(54)38(33-50)60-48/h12-13,15-16,18-19,29,31,36-39,41-48,50-52,54-58H,3-11,14,17,20-28,30,32-35H2,1-2H3,(H,49,53)/b13-12-,16-15-,19-18-,31-29+. The highest BCUT2D eigenvalue weighted by atomic mass is 16.7. The molecule has 0 aromatic heterocycles. The first-order valence-electron chi connectivity index (χ1n) is 23.9. The van der Waals surface area contributed by atoms with E-state index in [-0.39, 0.29) is 18.9 Å². The number of nitrogens with one attached hydrogen (secondary N) is 1. The van der Waals surface area contributed by atoms with Gasteiger partial charge in [0.1, 0.15) is 48.8 Å². The van der Waals surface area contributed by atoms with Gasteiger partial charge < -0.3 is 65.1 Å². The van der Waals surface area contributed by atoms with E-state index < -0.39 is 86.8 Å². The Morgan fingerprint density at radius 1 is 0.581 bits per heavy atom. The Balaban J connectivity index is 1.72. The molecule has 2 aliphatic rings. The summed E-state index contributed by atoms with van der Waals surface area (Å²) in [4.78, 5) is 13.0. The minimum atomic E-state index is -1.79. The molecule has 0 aliphatic carbocycles. The molecule has 0 spiro atoms. The van der Waals surface area contributed by atoms with Crippen molar-refractivity contribution >= 4 is 5.91 Å². The molecule has 2 rings (SSSR count). The second-order valence-corrected chi connectivity index (χ2v) is 16.9. The molecule has 12 unspecified atom stereocenters. The lowest BCUT2D eigenvalue weighted by Gasteiger charge is -2.46. The third-order valence-electron chi connectivity index (χ3n) is 11.5. The van der Waals surface area contributed by atoms with E-state index in [4.69, 9.17) is 18.9 Å². The Morgan fingerprint density at radius 3 is 1.66 bits per heavy atom. The van der Waals surface area contributed by atoms with Crippen LogP contribution < -0.4 is 5.32 Å². The molecule has 0 saturated carbocycles. The highest BCUT2D eigenvalue weighted by Crippen LogP contribution is 2.30. The molecule has 2 heterocycles. The molecule has 2 saturated heterocycles. The second-order valence-electron chi connectivity index (χ2n) is 16.9. The summed E-state index contributed by atoms with van der Waals surface area (Å²) < 4.78 is 22.5. The highest BCUT2D eigenvalue weighted by Gasteiger charge is 2.51. The molecule has 0 aromatic rings. The zero-order chi connectivity index (χ0) is 45.4. The quantitative estimate of drug-likeness (QED) is 0.0291. The molecule has 360 valence electrons. The molecule has 0 radical (unpaired) electrons. The molecule has 0 aromatic carbocycles. The van der Waals surface area contributed by atoms with Crippen molar-refractivity contribution in [3.05, 3.63) is 48.6 Å². The minimum absolute atomic E-state index is 0.257. The average molecular weight is 884 g/mol. The van der Waals surface area contributed by atoms with Gasteiger partial charge in [0.05, 0.1) is 32.0 Å². The fourth-order valence-corrected chi connectivity index (χ4v) is 7.53. The van der Waals surface area contributed by atoms with Crippen molar-refractivity contribution in [3.63, 3.8) is 0 Å². The minimum Gasteiger partial charge on any atom is -0.394 e. The molecule has 2 fully saturated rings. The van der Waals surface area contributed by atoms with Crippen molar-refractivity contribution in [1.82, 2.24) is 5.32 Å². The molecular formula is C48H85NO13. The van der Waals surface area contributed by atoms with Crippen LogP contribution in [0.5, 0.6) is 0 Å². The van der Waals surface area contributed by atoms with Crippen LogP contribution in [0.3, 0.4) is 0 Å². The fourth-order valence-electron chi connectivity index (χ4n) is 7.53. The molecule has 1 amide bonds. The summed E-state index contributed by atoms with van der Waals surface area (Å²) in [5, 5.41) is 86.1. The number of hydrogen-bond donors (Lipinski definition) is 9. The number of unbranched alkanes of at least 4 members (excludes halogenated alkanes) is 16. The van der Waals surface area contributed by atoms with E-state index in [0.29, 0.717) is 6.42 Å². The van der Waals surface area contributed by atoms with Gasteiger partial charge in [0.15, 0.2) is 12.6 Å². The van der Waals surface area contributed by atoms with Gasteiger partial charge in [0.2, 0.25) is 5.91 Å². The van der Waals surface area contributed by atoms with Crippen LogP contribution in [0.15, 0.2) is 48.6 Å². The van der Waals surface area contributed by atoms with Gasteiger partial charge in [0.25, 0.3) is 0 Å². The number of carbonyl (C=O) groups excluding carboxylic acids is 1. The van der Waals surface area contributed by atoms with E-state index >= 15 is 0 Å². The Morgan fingerprint density at radius 2 is 1.06 bits per heavy atom. The van der Waals surface area contributed by atoms with E-state index in [1.807, 2.05) is 6.08 Å². The van der Waals surface area contributed by atoms with Crippen molar-refractivity contribution in [2.45, 2.75) is 229 Å². The van der Waals surface area contributed by atoms with Crippen LogP contribution >= 0.6 is 0 Å². The summed E-state index contributed by atoms with van der Waals surface area (Å²) >= 11 is 0. The SMILES string of the molecule is CCCCC/C=C/C(O)C(COC1OC(CO)C(OC2OC(CO)C(O)C(O)C2O)C(O)C1O)NC(=O)CCCCCCCCCC/C=C\C/C=C\C/C=C\CCCCCCC. The second kappa shape index (κ2) is 35.2. The van der Waals surface area contributed by atoms with Gasteiger partial charge in [-0.2, -0.15) is 0 Å². The normalized spacial score (nSPS) is 28.2. The first-order valence-corrected chi connectivity index (χ1v) is 23.9. The lowest BCUT2D eigenvalue weighted by Crippen LogP contribution is -2.65. The van der Waals surface area contributed by atoms with Crippen LogP contribution in [-0.4, -0.2) is 140 Å². The smallest absolute Gasteiger partial charge is 0.220 e. The van der Waals surface area contributed by atoms with Crippen molar-refractivity contribution in [2.75, 3.05) is 19.8 Å². The number of carbonyl (C=O) groups is 1. The predicted octanol–water partition coefficient (Wildman–Crippen LogP) is 5.32. The Labute approximate surface area is 372 Å². The number of ether oxygens (including phenoxy) is 4. The average Bonchev–Trinajstić information content (AvgIpc) is 3.27. The summed E-state index contributed by atoms with van der Waals surface area (Å²) in [5.41, 5.74) is 0. The van der Waals surface area contributed by atoms with Crippen molar-refractivity contribution in [2.24, 2.45) is 0 Å². The van der Waals surface area contributed by atoms with E-state index in [1.54, 1.807) is 6.08 Å². The molecular weight excluding hydrogens is 799 g/mol. The zero-order valence-electron chi connectivity index (χ0n) is 37.8. The molecule has 62 heavy (non-hydrogen) atoms. The van der Waals surface area contributed by atoms with Crippen LogP contribution in [0, 0.1) is 0 Å². The summed E-state index contributed by atoms with van der Waals surface area (Å²) in [7, 11) is 0. The number of allylic oxidation sites excluding steroid dienone is 7. The maximum Gasteiger partial charge on any atom is 0.220 e. The highest BCUT2D eigenvalue weighted by molar-refractivity contribution is 5.76. The number of hydrogen-bond acceptors (Lipinski definition) is 13. The van der Waals surface area contributed by atoms with E-state index in [2.05, 4.69) is 55.6 Å². The molecule has 9 N–H and O–H groups in total. The van der Waals surface area contributed by atoms with E-state index in [0.717, 1.165) is 64.2 Å². The Hall–Kier alpha value is -2.05. The summed E-state index contributed by atoms with van der Waals surface area (Å²) in [5.74, 6) is -0.257. The third-order valence-corrected chi connectivity index (χ3v) is 11.5. The lowest BCUT2D eigenvalue weighted by molar-refractivity contribution is -0.359. The molecule has 2 aliphatic heterocycles. The van der Waals surface area contributed by atoms with E-state index in [1.165, 1.54) is 64.2 Å². The summed E-state index contributed by atoms with van der Waals surface area (Å²) in [6.07, 6.45) is 23.6. The number of amides is 1. The largest absolute Gasteiger partial charge is 0.394 e. The summed E-state index contributed by atoms with van der Waals surface area (Å²) in [6, 6.07) is -0.915. The molecule has 14 nitrogen and oxygen atoms in total. The Kier molecular flexibility index (Phi) is 31.9. The number of rotatable bonds is 35. The van der Waals surface area contributed by atoms with Gasteiger partial charge in [-0.1, -0.05) is 140 Å². The topological polar surface area (TPSA) is 228 Å². The molecule has 12 atom stereocenters. The third kappa shape index (κ3) is 22.7. The monoisotopic (exact) mass is 884 g/mol. The van der Waals surface area contributed by atoms with Crippen LogP contribution in [0.2, 0.25) is 0 Å². The van der Waals surface area contributed by atoms with Gasteiger partial charge in [-0.3, -0.25) is 4.79 Å². The van der Waals surface area contributed by atoms with Crippen molar-refractivity contribution in [1.29, 1.82) is 0 Å². The maximum absolute atomic E-state index is 13.0. The van der Waals surface area contributed by atoms with Gasteiger partial charge in [-0.25, -0.2) is 0 Å². The van der Waals surface area contributed by atoms with Gasteiger partial charge in [0, 0.05) is 6.42 Å². The van der Waals surface area contributed by atoms with Crippen LogP contribution in [-0.2, 0) is 23.7 Å². The number of aliphatic hydroxyl groups is 8. The van der Waals surface area contributed by atoms with Crippen molar-refractivity contribution < 1.29 is 64.6 Å². The predicted molar refractivity (Wildman–Crippen MR) is 240 cm³/mol. The van der Waals surface area contributed by atoms with Crippen molar-refractivity contribution in [3.8, 4) is 0 Å². The van der Waals surface area contributed by atoms with Crippen LogP contribution in [0.1, 0.15) is 155 Å². The Bertz CT molecular complexity index is 1230. The lowest BCUT2D eigenvalue weighted by atomic mass is 9.97. The summed E-state index contributed by atoms with van der Waals surface area (Å²) in [6.45, 7) is 2.62. The fraction of sp³-hybridized carbons (Fsp3) is 0.812. The number of aliphatic hydroxyl groups excluding tert-OH is 8. The van der Waals surface area contributed by atoms with Gasteiger partial charge >= 0.3 is 0 Å². The molecule has 14 heteroatoms. The first kappa shape index (κ1) is 56.1. The van der Waals surface area contributed by atoms with Crippen LogP contribution in [0.4, 0.5) is 0 Å². The first-order chi connectivity index (χ1) is 30.1.